The fourth-order valence-corrected chi connectivity index (χ4v) is 2.12. The lowest BCUT2D eigenvalue weighted by molar-refractivity contribution is 0.0985. The topological polar surface area (TPSA) is 30.0 Å². The van der Waals surface area contributed by atoms with Crippen molar-refractivity contribution in [1.82, 2.24) is 4.98 Å². The van der Waals surface area contributed by atoms with Gasteiger partial charge in [-0.3, -0.25) is 9.78 Å². The quantitative estimate of drug-likeness (QED) is 0.633. The van der Waals surface area contributed by atoms with Gasteiger partial charge in [-0.2, -0.15) is 0 Å². The highest BCUT2D eigenvalue weighted by Gasteiger charge is 2.18. The van der Waals surface area contributed by atoms with Gasteiger partial charge in [0.1, 0.15) is 17.3 Å². The van der Waals surface area contributed by atoms with Gasteiger partial charge in [0.05, 0.1) is 4.47 Å². The maximum absolute atomic E-state index is 13.8. The molecule has 0 amide bonds. The number of rotatable bonds is 3. The number of hydrogen-bond acceptors (Lipinski definition) is 2. The number of Topliss-reactive ketones (excluding diaryl/α,β-unsaturated/α-hetero) is 1. The van der Waals surface area contributed by atoms with Crippen molar-refractivity contribution in [2.45, 2.75) is 13.3 Å². The van der Waals surface area contributed by atoms with E-state index >= 15 is 0 Å². The van der Waals surface area contributed by atoms with Crippen molar-refractivity contribution in [2.24, 2.45) is 0 Å². The predicted molar refractivity (Wildman–Crippen MR) is 71.1 cm³/mol. The molecule has 1 heterocycles. The summed E-state index contributed by atoms with van der Waals surface area (Å²) in [6.45, 7) is 1.73. The largest absolute Gasteiger partial charge is 0.292 e. The molecule has 2 nitrogen and oxygen atoms in total. The molecule has 0 saturated heterocycles. The van der Waals surface area contributed by atoms with Crippen molar-refractivity contribution < 1.29 is 13.6 Å². The van der Waals surface area contributed by atoms with E-state index < -0.39 is 17.4 Å². The Morgan fingerprint density at radius 2 is 2.05 bits per heavy atom. The van der Waals surface area contributed by atoms with Crippen LogP contribution in [-0.2, 0) is 6.42 Å². The summed E-state index contributed by atoms with van der Waals surface area (Å²) in [6.07, 6.45) is 1.13. The van der Waals surface area contributed by atoms with E-state index in [2.05, 4.69) is 20.9 Å². The number of aryl methyl sites for hydroxylation is 1. The number of benzene rings is 1. The highest BCUT2D eigenvalue weighted by atomic mass is 79.9. The molecule has 19 heavy (non-hydrogen) atoms. The normalized spacial score (nSPS) is 10.5. The van der Waals surface area contributed by atoms with Crippen LogP contribution in [0.4, 0.5) is 8.78 Å². The summed E-state index contributed by atoms with van der Waals surface area (Å²) in [4.78, 5) is 16.0. The van der Waals surface area contributed by atoms with E-state index in [1.807, 2.05) is 0 Å². The molecular weight excluding hydrogens is 316 g/mol. The molecule has 0 aliphatic heterocycles. The van der Waals surface area contributed by atoms with Gasteiger partial charge in [0, 0.05) is 18.2 Å². The first-order valence-corrected chi connectivity index (χ1v) is 6.37. The molecule has 98 valence electrons. The van der Waals surface area contributed by atoms with Crippen LogP contribution in [0.3, 0.4) is 0 Å². The summed E-state index contributed by atoms with van der Waals surface area (Å²) in [5.74, 6) is -1.89. The van der Waals surface area contributed by atoms with Crippen LogP contribution in [0, 0.1) is 18.6 Å². The number of nitrogens with zero attached hydrogens (tertiary/aromatic N) is 1. The van der Waals surface area contributed by atoms with Gasteiger partial charge < -0.3 is 0 Å². The molecule has 0 aliphatic carbocycles. The van der Waals surface area contributed by atoms with Crippen molar-refractivity contribution in [2.75, 3.05) is 0 Å². The fourth-order valence-electron chi connectivity index (χ4n) is 1.75. The lowest BCUT2D eigenvalue weighted by Gasteiger charge is -2.07. The van der Waals surface area contributed by atoms with Crippen LogP contribution in [0.1, 0.15) is 21.6 Å². The summed E-state index contributed by atoms with van der Waals surface area (Å²) >= 11 is 2.97. The van der Waals surface area contributed by atoms with E-state index in [9.17, 15) is 13.6 Å². The van der Waals surface area contributed by atoms with E-state index in [1.54, 1.807) is 19.1 Å². The second-order valence-electron chi connectivity index (χ2n) is 4.09. The van der Waals surface area contributed by atoms with Crippen LogP contribution in [0.5, 0.6) is 0 Å². The number of pyridine rings is 1. The van der Waals surface area contributed by atoms with E-state index in [-0.39, 0.29) is 22.2 Å². The molecule has 1 aromatic carbocycles. The zero-order chi connectivity index (χ0) is 14.0. The molecule has 0 N–H and O–H groups in total. The third-order valence-electron chi connectivity index (χ3n) is 2.75. The summed E-state index contributed by atoms with van der Waals surface area (Å²) in [6, 6.07) is 5.83. The Balaban J connectivity index is 2.35. The molecule has 0 atom stereocenters. The summed E-state index contributed by atoms with van der Waals surface area (Å²) in [7, 11) is 0. The zero-order valence-corrected chi connectivity index (χ0v) is 11.7. The summed E-state index contributed by atoms with van der Waals surface area (Å²) in [5.41, 5.74) is 0.675. The minimum Gasteiger partial charge on any atom is -0.292 e. The van der Waals surface area contributed by atoms with Crippen LogP contribution < -0.4 is 0 Å². The number of hydrogen-bond donors (Lipinski definition) is 0. The smallest absolute Gasteiger partial charge is 0.186 e. The van der Waals surface area contributed by atoms with Crippen molar-refractivity contribution in [3.63, 3.8) is 0 Å². The molecule has 2 aromatic rings. The number of carbonyl (C=O) groups is 1. The molecule has 0 unspecified atom stereocenters. The molecule has 0 bridgehead atoms. The maximum atomic E-state index is 13.8. The number of halogens is 3. The Kier molecular flexibility index (Phi) is 4.04. The molecule has 5 heteroatoms. The molecule has 1 aromatic heterocycles. The summed E-state index contributed by atoms with van der Waals surface area (Å²) in [5, 5.41) is 0. The van der Waals surface area contributed by atoms with E-state index in [0.29, 0.717) is 5.56 Å². The third-order valence-corrected chi connectivity index (χ3v) is 3.36. The Morgan fingerprint density at radius 3 is 2.74 bits per heavy atom. The average molecular weight is 326 g/mol. The van der Waals surface area contributed by atoms with Gasteiger partial charge >= 0.3 is 0 Å². The van der Waals surface area contributed by atoms with Gasteiger partial charge in [0.15, 0.2) is 5.78 Å². The van der Waals surface area contributed by atoms with E-state index in [4.69, 9.17) is 0 Å². The Labute approximate surface area is 117 Å². The van der Waals surface area contributed by atoms with Gasteiger partial charge in [-0.1, -0.05) is 6.07 Å². The highest BCUT2D eigenvalue weighted by molar-refractivity contribution is 9.10. The molecule has 0 aliphatic rings. The van der Waals surface area contributed by atoms with Crippen LogP contribution in [0.15, 0.2) is 34.9 Å². The molecule has 0 fully saturated rings. The van der Waals surface area contributed by atoms with Crippen molar-refractivity contribution in [3.8, 4) is 0 Å². The van der Waals surface area contributed by atoms with Crippen LogP contribution >= 0.6 is 15.9 Å². The Hall–Kier alpha value is -1.62. The fraction of sp³-hybridized carbons (Fsp3) is 0.143. The second kappa shape index (κ2) is 5.57. The molecular formula is C14H10BrF2NO. The van der Waals surface area contributed by atoms with Crippen LogP contribution in [0.2, 0.25) is 0 Å². The zero-order valence-electron chi connectivity index (χ0n) is 10.1. The van der Waals surface area contributed by atoms with Crippen LogP contribution in [-0.4, -0.2) is 10.8 Å². The SMILES string of the molecule is Cc1cccnc1C(=O)Cc1c(F)ccc(Br)c1F. The highest BCUT2D eigenvalue weighted by Crippen LogP contribution is 2.23. The molecule has 0 saturated carbocycles. The van der Waals surface area contributed by atoms with E-state index in [1.165, 1.54) is 12.3 Å². The lowest BCUT2D eigenvalue weighted by atomic mass is 10.0. The van der Waals surface area contributed by atoms with Gasteiger partial charge in [0.2, 0.25) is 0 Å². The molecule has 0 spiro atoms. The first-order chi connectivity index (χ1) is 9.00. The lowest BCUT2D eigenvalue weighted by Crippen LogP contribution is -2.11. The van der Waals surface area contributed by atoms with Crippen molar-refractivity contribution in [3.05, 3.63) is 63.4 Å². The third kappa shape index (κ3) is 2.87. The number of ketones is 1. The van der Waals surface area contributed by atoms with Crippen LogP contribution in [0.25, 0.3) is 0 Å². The Bertz CT molecular complexity index is 643. The minimum atomic E-state index is -0.748. The van der Waals surface area contributed by atoms with Gasteiger partial charge in [0.25, 0.3) is 0 Å². The van der Waals surface area contributed by atoms with Crippen molar-refractivity contribution in [1.29, 1.82) is 0 Å². The molecule has 2 rings (SSSR count). The second-order valence-corrected chi connectivity index (χ2v) is 4.94. The summed E-state index contributed by atoms with van der Waals surface area (Å²) < 4.78 is 27.5. The van der Waals surface area contributed by atoms with Crippen molar-refractivity contribution >= 4 is 21.7 Å². The number of carbonyl (C=O) groups excluding carboxylic acids is 1. The average Bonchev–Trinajstić information content (AvgIpc) is 2.39. The predicted octanol–water partition coefficient (Wildman–Crippen LogP) is 3.86. The standard InChI is InChI=1S/C14H10BrF2NO/c1-8-3-2-6-18-14(8)12(19)7-9-11(16)5-4-10(15)13(9)17/h2-6H,7H2,1H3. The minimum absolute atomic E-state index is 0.134. The van der Waals surface area contributed by atoms with Gasteiger partial charge in [-0.25, -0.2) is 8.78 Å². The first kappa shape index (κ1) is 13.8. The monoisotopic (exact) mass is 325 g/mol. The van der Waals surface area contributed by atoms with E-state index in [0.717, 1.165) is 6.07 Å². The maximum Gasteiger partial charge on any atom is 0.186 e. The van der Waals surface area contributed by atoms with Gasteiger partial charge in [-0.15, -0.1) is 0 Å². The molecule has 0 radical (unpaired) electrons. The number of aromatic nitrogens is 1. The van der Waals surface area contributed by atoms with Gasteiger partial charge in [-0.05, 0) is 46.6 Å². The Morgan fingerprint density at radius 1 is 1.32 bits per heavy atom. The first-order valence-electron chi connectivity index (χ1n) is 5.58.